The zero-order valence-electron chi connectivity index (χ0n) is 17.4. The molecule has 3 rings (SSSR count). The highest BCUT2D eigenvalue weighted by molar-refractivity contribution is 6.05. The fourth-order valence-electron chi connectivity index (χ4n) is 3.37. The number of piperidine rings is 1. The van der Waals surface area contributed by atoms with Gasteiger partial charge in [-0.2, -0.15) is 0 Å². The molecule has 7 heteroatoms. The van der Waals surface area contributed by atoms with Crippen LogP contribution >= 0.6 is 0 Å². The lowest BCUT2D eigenvalue weighted by Gasteiger charge is -2.31. The van der Waals surface area contributed by atoms with Crippen LogP contribution in [0.1, 0.15) is 30.1 Å². The van der Waals surface area contributed by atoms with Gasteiger partial charge >= 0.3 is 0 Å². The van der Waals surface area contributed by atoms with Crippen molar-refractivity contribution in [3.05, 3.63) is 54.1 Å². The molecule has 1 aliphatic rings. The van der Waals surface area contributed by atoms with Crippen LogP contribution < -0.4 is 19.5 Å². The quantitative estimate of drug-likeness (QED) is 0.719. The van der Waals surface area contributed by atoms with Crippen LogP contribution in [-0.4, -0.2) is 56.2 Å². The molecule has 30 heavy (non-hydrogen) atoms. The van der Waals surface area contributed by atoms with Gasteiger partial charge in [0, 0.05) is 18.7 Å². The molecule has 0 atom stereocenters. The van der Waals surface area contributed by atoms with Gasteiger partial charge in [0.2, 0.25) is 5.91 Å². The summed E-state index contributed by atoms with van der Waals surface area (Å²) in [5.41, 5.74) is 0.421. The van der Waals surface area contributed by atoms with Gasteiger partial charge in [0.1, 0.15) is 11.9 Å². The molecule has 0 aliphatic carbocycles. The predicted molar refractivity (Wildman–Crippen MR) is 113 cm³/mol. The van der Waals surface area contributed by atoms with Crippen LogP contribution in [0, 0.1) is 0 Å². The maximum absolute atomic E-state index is 12.3. The van der Waals surface area contributed by atoms with Gasteiger partial charge in [-0.15, -0.1) is 0 Å². The summed E-state index contributed by atoms with van der Waals surface area (Å²) in [4.78, 5) is 26.5. The van der Waals surface area contributed by atoms with E-state index < -0.39 is 5.91 Å². The van der Waals surface area contributed by atoms with E-state index in [4.69, 9.17) is 14.2 Å². The Morgan fingerprint density at radius 3 is 2.33 bits per heavy atom. The molecule has 1 aliphatic heterocycles. The van der Waals surface area contributed by atoms with E-state index in [-0.39, 0.29) is 18.6 Å². The zero-order valence-corrected chi connectivity index (χ0v) is 17.4. The Kier molecular flexibility index (Phi) is 7.68. The number of rotatable bonds is 8. The molecule has 0 spiro atoms. The van der Waals surface area contributed by atoms with Gasteiger partial charge in [0.05, 0.1) is 20.3 Å². The minimum atomic E-state index is -0.409. The number of likely N-dealkylation sites (tertiary alicyclic amines) is 1. The number of hydrogen-bond acceptors (Lipinski definition) is 6. The van der Waals surface area contributed by atoms with Crippen molar-refractivity contribution in [2.75, 3.05) is 33.4 Å². The minimum Gasteiger partial charge on any atom is -0.497 e. The molecular weight excluding hydrogens is 384 g/mol. The second-order valence-corrected chi connectivity index (χ2v) is 7.08. The lowest BCUT2D eigenvalue weighted by Crippen LogP contribution is -2.45. The summed E-state index contributed by atoms with van der Waals surface area (Å²) in [6.07, 6.45) is 1.69. The van der Waals surface area contributed by atoms with Crippen LogP contribution in [0.15, 0.2) is 48.5 Å². The Morgan fingerprint density at radius 1 is 1.03 bits per heavy atom. The van der Waals surface area contributed by atoms with Crippen LogP contribution in [0.4, 0.5) is 0 Å². The summed E-state index contributed by atoms with van der Waals surface area (Å²) in [7, 11) is 1.56. The van der Waals surface area contributed by atoms with Crippen molar-refractivity contribution in [3.8, 4) is 17.2 Å². The van der Waals surface area contributed by atoms with Gasteiger partial charge in [0.25, 0.3) is 5.91 Å². The first-order valence-corrected chi connectivity index (χ1v) is 10.2. The maximum Gasteiger partial charge on any atom is 0.257 e. The second kappa shape index (κ2) is 10.6. The molecule has 160 valence electrons. The molecule has 1 fully saturated rings. The number of nitrogens with zero attached hydrogens (tertiary/aromatic N) is 1. The lowest BCUT2D eigenvalue weighted by molar-refractivity contribution is -0.121. The summed E-state index contributed by atoms with van der Waals surface area (Å²) < 4.78 is 16.8. The van der Waals surface area contributed by atoms with Gasteiger partial charge in [0.15, 0.2) is 11.5 Å². The van der Waals surface area contributed by atoms with E-state index in [1.54, 1.807) is 31.4 Å². The van der Waals surface area contributed by atoms with E-state index in [0.29, 0.717) is 17.9 Å². The first-order valence-electron chi connectivity index (χ1n) is 10.2. The summed E-state index contributed by atoms with van der Waals surface area (Å²) in [6.45, 7) is 4.17. The van der Waals surface area contributed by atoms with E-state index in [9.17, 15) is 9.59 Å². The Morgan fingerprint density at radius 2 is 1.70 bits per heavy atom. The third-order valence-corrected chi connectivity index (χ3v) is 4.95. The number of amides is 2. The van der Waals surface area contributed by atoms with Gasteiger partial charge in [-0.3, -0.25) is 19.8 Å². The van der Waals surface area contributed by atoms with Gasteiger partial charge in [-0.25, -0.2) is 0 Å². The van der Waals surface area contributed by atoms with Crippen molar-refractivity contribution in [1.29, 1.82) is 0 Å². The number of carbonyl (C=O) groups excluding carboxylic acids is 2. The number of hydrogen-bond donors (Lipinski definition) is 1. The highest BCUT2D eigenvalue weighted by atomic mass is 16.5. The minimum absolute atomic E-state index is 0.0758. The van der Waals surface area contributed by atoms with E-state index in [1.807, 2.05) is 36.1 Å². The first-order chi connectivity index (χ1) is 14.6. The Labute approximate surface area is 176 Å². The smallest absolute Gasteiger partial charge is 0.257 e. The highest BCUT2D eigenvalue weighted by Gasteiger charge is 2.23. The molecule has 1 N–H and O–H groups in total. The molecule has 1 heterocycles. The third kappa shape index (κ3) is 5.97. The number of methoxy groups -OCH3 is 1. The van der Waals surface area contributed by atoms with E-state index in [1.165, 1.54) is 0 Å². The summed E-state index contributed by atoms with van der Waals surface area (Å²) in [6, 6.07) is 14.3. The molecule has 2 aromatic rings. The van der Waals surface area contributed by atoms with Gasteiger partial charge in [-0.05, 0) is 56.2 Å². The monoisotopic (exact) mass is 412 g/mol. The molecule has 2 amide bonds. The van der Waals surface area contributed by atoms with Crippen LogP contribution in [0.25, 0.3) is 0 Å². The van der Waals surface area contributed by atoms with Gasteiger partial charge < -0.3 is 14.2 Å². The van der Waals surface area contributed by atoms with Gasteiger partial charge in [-0.1, -0.05) is 12.1 Å². The number of imide groups is 1. The highest BCUT2D eigenvalue weighted by Crippen LogP contribution is 2.29. The van der Waals surface area contributed by atoms with Crippen LogP contribution in [-0.2, 0) is 4.79 Å². The number of nitrogens with one attached hydrogen (secondary N) is 1. The molecule has 0 unspecified atom stereocenters. The van der Waals surface area contributed by atoms with Crippen molar-refractivity contribution in [2.45, 2.75) is 25.9 Å². The fraction of sp³-hybridized carbons (Fsp3) is 0.391. The first kappa shape index (κ1) is 21.6. The zero-order chi connectivity index (χ0) is 21.3. The molecule has 0 bridgehead atoms. The third-order valence-electron chi connectivity index (χ3n) is 4.95. The molecule has 0 radical (unpaired) electrons. The number of ether oxygens (including phenoxy) is 3. The summed E-state index contributed by atoms with van der Waals surface area (Å²) >= 11 is 0. The summed E-state index contributed by atoms with van der Waals surface area (Å²) in [5.74, 6) is 1.44. The van der Waals surface area contributed by atoms with E-state index >= 15 is 0 Å². The van der Waals surface area contributed by atoms with Crippen LogP contribution in [0.3, 0.4) is 0 Å². The number of carbonyl (C=O) groups is 2. The molecule has 1 saturated heterocycles. The van der Waals surface area contributed by atoms with Crippen LogP contribution in [0.5, 0.6) is 17.2 Å². The maximum atomic E-state index is 12.3. The fourth-order valence-corrected chi connectivity index (χ4v) is 3.37. The van der Waals surface area contributed by atoms with Crippen molar-refractivity contribution in [3.63, 3.8) is 0 Å². The summed E-state index contributed by atoms with van der Waals surface area (Å²) in [5, 5.41) is 2.45. The topological polar surface area (TPSA) is 77.1 Å². The van der Waals surface area contributed by atoms with E-state index in [2.05, 4.69) is 5.32 Å². The molecule has 0 aromatic heterocycles. The second-order valence-electron chi connectivity index (χ2n) is 7.08. The van der Waals surface area contributed by atoms with Crippen LogP contribution in [0.2, 0.25) is 0 Å². The number of benzene rings is 2. The Bertz CT molecular complexity index is 845. The molecule has 7 nitrogen and oxygen atoms in total. The largest absolute Gasteiger partial charge is 0.497 e. The Hall–Kier alpha value is -3.06. The number of para-hydroxylation sites is 2. The molecule has 2 aromatic carbocycles. The Balaban J connectivity index is 1.44. The van der Waals surface area contributed by atoms with E-state index in [0.717, 1.165) is 37.4 Å². The normalized spacial score (nSPS) is 14.7. The van der Waals surface area contributed by atoms with Crippen molar-refractivity contribution in [2.24, 2.45) is 0 Å². The average molecular weight is 412 g/mol. The predicted octanol–water partition coefficient (Wildman–Crippen LogP) is 2.89. The lowest BCUT2D eigenvalue weighted by atomic mass is 10.1. The van der Waals surface area contributed by atoms with Crippen molar-refractivity contribution >= 4 is 11.8 Å². The average Bonchev–Trinajstić information content (AvgIpc) is 2.76. The van der Waals surface area contributed by atoms with Crippen molar-refractivity contribution in [1.82, 2.24) is 10.2 Å². The van der Waals surface area contributed by atoms with Crippen molar-refractivity contribution < 1.29 is 23.8 Å². The SMILES string of the molecule is CCOc1ccccc1OC1CCN(CC(=O)NC(=O)c2ccc(OC)cc2)CC1. The molecule has 0 saturated carbocycles. The standard InChI is InChI=1S/C23H28N2O5/c1-3-29-20-6-4-5-7-21(20)30-19-12-14-25(15-13-19)16-22(26)24-23(27)17-8-10-18(28-2)11-9-17/h4-11,19H,3,12-16H2,1-2H3,(H,24,26,27). The molecular formula is C23H28N2O5.